The lowest BCUT2D eigenvalue weighted by atomic mass is 9.96. The van der Waals surface area contributed by atoms with E-state index >= 15 is 0 Å². The quantitative estimate of drug-likeness (QED) is 0.843. The topological polar surface area (TPSA) is 75.6 Å². The van der Waals surface area contributed by atoms with Crippen LogP contribution < -0.4 is 5.32 Å². The van der Waals surface area contributed by atoms with Gasteiger partial charge in [-0.1, -0.05) is 29.3 Å². The zero-order valence-electron chi connectivity index (χ0n) is 10.9. The van der Waals surface area contributed by atoms with Gasteiger partial charge in [0.15, 0.2) is 0 Å². The van der Waals surface area contributed by atoms with Gasteiger partial charge in [-0.2, -0.15) is 0 Å². The molecule has 1 aromatic rings. The summed E-state index contributed by atoms with van der Waals surface area (Å²) in [6.45, 7) is 2.08. The molecule has 0 aliphatic carbocycles. The third kappa shape index (κ3) is 5.27. The van der Waals surface area contributed by atoms with Gasteiger partial charge < -0.3 is 15.2 Å². The van der Waals surface area contributed by atoms with E-state index in [0.717, 1.165) is 0 Å². The maximum Gasteiger partial charge on any atom is 0.407 e. The maximum atomic E-state index is 11.3. The van der Waals surface area contributed by atoms with Gasteiger partial charge in [0.1, 0.15) is 0 Å². The first-order valence-corrected chi connectivity index (χ1v) is 6.77. The first kappa shape index (κ1) is 16.6. The van der Waals surface area contributed by atoms with Gasteiger partial charge in [0.25, 0.3) is 0 Å². The predicted octanol–water partition coefficient (Wildman–Crippen LogP) is 3.30. The van der Waals surface area contributed by atoms with Gasteiger partial charge in [0, 0.05) is 12.5 Å². The summed E-state index contributed by atoms with van der Waals surface area (Å²) in [5, 5.41) is 12.2. The van der Waals surface area contributed by atoms with Crippen LogP contribution in [0.15, 0.2) is 18.2 Å². The fourth-order valence-electron chi connectivity index (χ4n) is 1.67. The zero-order valence-corrected chi connectivity index (χ0v) is 12.4. The number of carbonyl (C=O) groups excluding carboxylic acids is 1. The summed E-state index contributed by atoms with van der Waals surface area (Å²) in [4.78, 5) is 22.2. The van der Waals surface area contributed by atoms with Crippen molar-refractivity contribution in [2.24, 2.45) is 0 Å². The molecule has 110 valence electrons. The molecule has 5 nitrogen and oxygen atoms in total. The number of alkyl carbamates (subject to hydrolysis) is 1. The molecule has 0 spiro atoms. The van der Waals surface area contributed by atoms with Crippen LogP contribution in [0.25, 0.3) is 0 Å². The number of amides is 1. The SMILES string of the molecule is CCOC(=O)NCC(CC(=O)O)c1ccc(Cl)c(Cl)c1. The van der Waals surface area contributed by atoms with E-state index < -0.39 is 18.0 Å². The second kappa shape index (κ2) is 7.97. The van der Waals surface area contributed by atoms with E-state index in [0.29, 0.717) is 15.6 Å². The molecule has 0 heterocycles. The second-order valence-electron chi connectivity index (χ2n) is 4.07. The molecular weight excluding hydrogens is 305 g/mol. The molecule has 0 aliphatic heterocycles. The second-order valence-corrected chi connectivity index (χ2v) is 4.88. The Balaban J connectivity index is 2.80. The van der Waals surface area contributed by atoms with Crippen LogP contribution in [0.3, 0.4) is 0 Å². The van der Waals surface area contributed by atoms with Crippen LogP contribution in [0.1, 0.15) is 24.8 Å². The molecule has 1 atom stereocenters. The highest BCUT2D eigenvalue weighted by Crippen LogP contribution is 2.27. The van der Waals surface area contributed by atoms with E-state index in [1.807, 2.05) is 0 Å². The Morgan fingerprint density at radius 3 is 2.60 bits per heavy atom. The average Bonchev–Trinajstić information content (AvgIpc) is 2.38. The Hall–Kier alpha value is -1.46. The van der Waals surface area contributed by atoms with Crippen LogP contribution in [0, 0.1) is 0 Å². The number of aliphatic carboxylic acids is 1. The van der Waals surface area contributed by atoms with Crippen LogP contribution in [-0.4, -0.2) is 30.3 Å². The van der Waals surface area contributed by atoms with E-state index in [2.05, 4.69) is 5.32 Å². The number of carbonyl (C=O) groups is 2. The summed E-state index contributed by atoms with van der Waals surface area (Å²) < 4.78 is 4.73. The summed E-state index contributed by atoms with van der Waals surface area (Å²) in [6, 6.07) is 4.89. The van der Waals surface area contributed by atoms with E-state index in [1.165, 1.54) is 0 Å². The molecule has 0 saturated heterocycles. The highest BCUT2D eigenvalue weighted by molar-refractivity contribution is 6.42. The van der Waals surface area contributed by atoms with E-state index in [1.54, 1.807) is 25.1 Å². The number of halogens is 2. The lowest BCUT2D eigenvalue weighted by molar-refractivity contribution is -0.137. The summed E-state index contributed by atoms with van der Waals surface area (Å²) in [7, 11) is 0. The highest BCUT2D eigenvalue weighted by Gasteiger charge is 2.18. The molecule has 0 radical (unpaired) electrons. The number of ether oxygens (including phenoxy) is 1. The van der Waals surface area contributed by atoms with Crippen molar-refractivity contribution in [3.05, 3.63) is 33.8 Å². The van der Waals surface area contributed by atoms with Crippen LogP contribution in [0.2, 0.25) is 10.0 Å². The van der Waals surface area contributed by atoms with Crippen molar-refractivity contribution in [3.8, 4) is 0 Å². The summed E-state index contributed by atoms with van der Waals surface area (Å²) >= 11 is 11.7. The normalized spacial score (nSPS) is 11.8. The lowest BCUT2D eigenvalue weighted by Crippen LogP contribution is -2.30. The Bertz CT molecular complexity index is 493. The Labute approximate surface area is 126 Å². The van der Waals surface area contributed by atoms with Crippen LogP contribution >= 0.6 is 23.2 Å². The van der Waals surface area contributed by atoms with E-state index in [-0.39, 0.29) is 19.6 Å². The molecule has 1 rings (SSSR count). The fourth-order valence-corrected chi connectivity index (χ4v) is 1.98. The zero-order chi connectivity index (χ0) is 15.1. The van der Waals surface area contributed by atoms with Crippen molar-refractivity contribution in [1.82, 2.24) is 5.32 Å². The standard InChI is InChI=1S/C13H15Cl2NO4/c1-2-20-13(19)16-7-9(6-12(17)18)8-3-4-10(14)11(15)5-8/h3-5,9H,2,6-7H2,1H3,(H,16,19)(H,17,18). The molecule has 0 bridgehead atoms. The first-order chi connectivity index (χ1) is 9.43. The minimum absolute atomic E-state index is 0.135. The lowest BCUT2D eigenvalue weighted by Gasteiger charge is -2.16. The Morgan fingerprint density at radius 2 is 2.05 bits per heavy atom. The molecule has 0 fully saturated rings. The minimum Gasteiger partial charge on any atom is -0.481 e. The molecule has 20 heavy (non-hydrogen) atoms. The van der Waals surface area contributed by atoms with Crippen molar-refractivity contribution in [1.29, 1.82) is 0 Å². The number of carboxylic acids is 1. The van der Waals surface area contributed by atoms with Crippen molar-refractivity contribution < 1.29 is 19.4 Å². The molecule has 0 aliphatic rings. The maximum absolute atomic E-state index is 11.3. The number of benzene rings is 1. The summed E-state index contributed by atoms with van der Waals surface area (Å²) in [5.74, 6) is -1.38. The number of carboxylic acid groups (broad SMARTS) is 1. The third-order valence-electron chi connectivity index (χ3n) is 2.60. The molecule has 0 saturated carbocycles. The molecule has 2 N–H and O–H groups in total. The Morgan fingerprint density at radius 1 is 1.35 bits per heavy atom. The highest BCUT2D eigenvalue weighted by atomic mass is 35.5. The van der Waals surface area contributed by atoms with E-state index in [9.17, 15) is 9.59 Å². The summed E-state index contributed by atoms with van der Waals surface area (Å²) in [5.41, 5.74) is 0.693. The molecule has 1 amide bonds. The Kier molecular flexibility index (Phi) is 6.61. The molecule has 0 aromatic heterocycles. The van der Waals surface area contributed by atoms with Crippen LogP contribution in [0.4, 0.5) is 4.79 Å². The first-order valence-electron chi connectivity index (χ1n) is 6.01. The number of hydrogen-bond acceptors (Lipinski definition) is 3. The van der Waals surface area contributed by atoms with Gasteiger partial charge in [0.2, 0.25) is 0 Å². The van der Waals surface area contributed by atoms with Gasteiger partial charge in [-0.25, -0.2) is 4.79 Å². The van der Waals surface area contributed by atoms with Gasteiger partial charge in [-0.15, -0.1) is 0 Å². The summed E-state index contributed by atoms with van der Waals surface area (Å²) in [6.07, 6.45) is -0.715. The van der Waals surface area contributed by atoms with Gasteiger partial charge in [-0.3, -0.25) is 4.79 Å². The molecular formula is C13H15Cl2NO4. The van der Waals surface area contributed by atoms with Crippen LogP contribution in [-0.2, 0) is 9.53 Å². The van der Waals surface area contributed by atoms with Crippen molar-refractivity contribution in [2.45, 2.75) is 19.3 Å². The van der Waals surface area contributed by atoms with Crippen LogP contribution in [0.5, 0.6) is 0 Å². The fraction of sp³-hybridized carbons (Fsp3) is 0.385. The third-order valence-corrected chi connectivity index (χ3v) is 3.34. The smallest absolute Gasteiger partial charge is 0.407 e. The van der Waals surface area contributed by atoms with Crippen molar-refractivity contribution in [2.75, 3.05) is 13.2 Å². The number of hydrogen-bond donors (Lipinski definition) is 2. The average molecular weight is 320 g/mol. The number of rotatable bonds is 6. The minimum atomic E-state index is -0.966. The number of nitrogens with one attached hydrogen (secondary N) is 1. The van der Waals surface area contributed by atoms with Crippen molar-refractivity contribution in [3.63, 3.8) is 0 Å². The monoisotopic (exact) mass is 319 g/mol. The largest absolute Gasteiger partial charge is 0.481 e. The molecule has 1 unspecified atom stereocenters. The molecule has 1 aromatic carbocycles. The molecule has 7 heteroatoms. The van der Waals surface area contributed by atoms with E-state index in [4.69, 9.17) is 33.0 Å². The van der Waals surface area contributed by atoms with Gasteiger partial charge >= 0.3 is 12.1 Å². The predicted molar refractivity (Wildman–Crippen MR) is 76.5 cm³/mol. The van der Waals surface area contributed by atoms with Crippen molar-refractivity contribution >= 4 is 35.3 Å². The van der Waals surface area contributed by atoms with Gasteiger partial charge in [-0.05, 0) is 24.6 Å². The van der Waals surface area contributed by atoms with Gasteiger partial charge in [0.05, 0.1) is 23.1 Å².